The van der Waals surface area contributed by atoms with Gasteiger partial charge in [0, 0.05) is 13.2 Å². The summed E-state index contributed by atoms with van der Waals surface area (Å²) < 4.78 is 5.09. The van der Waals surface area contributed by atoms with Crippen LogP contribution in [0.15, 0.2) is 0 Å². The molecule has 13 heavy (non-hydrogen) atoms. The highest BCUT2D eigenvalue weighted by molar-refractivity contribution is 6.44. The molecule has 1 unspecified atom stereocenters. The number of rotatable bonds is 3. The minimum absolute atomic E-state index is 0.115. The largest absolute Gasteiger partial charge is 0.379 e. The second-order valence-corrected chi connectivity index (χ2v) is 4.08. The first-order chi connectivity index (χ1) is 6.18. The average Bonchev–Trinajstić information content (AvgIpc) is 2.53. The molecule has 1 heterocycles. The predicted octanol–water partition coefficient (Wildman–Crippen LogP) is 0.878. The number of ether oxygens (including phenoxy) is 1. The third-order valence-corrected chi connectivity index (χ3v) is 1.99. The molecule has 0 radical (unpaired) electrons. The molecule has 0 spiro atoms. The van der Waals surface area contributed by atoms with Crippen LogP contribution in [0.4, 0.5) is 4.79 Å². The van der Waals surface area contributed by atoms with E-state index >= 15 is 0 Å². The Labute approximate surface area is 86.9 Å². The van der Waals surface area contributed by atoms with Crippen molar-refractivity contribution in [2.24, 2.45) is 0 Å². The standard InChI is InChI=1S/C7H12Cl2N2O2/c8-6(9)3-10-7(12)11-5-1-2-13-4-5/h5-6H,1-4H2,(H2,10,11,12). The molecule has 0 aliphatic carbocycles. The van der Waals surface area contributed by atoms with Gasteiger partial charge in [0.1, 0.15) is 4.84 Å². The van der Waals surface area contributed by atoms with Crippen molar-refractivity contribution in [2.75, 3.05) is 19.8 Å². The Balaban J connectivity index is 2.09. The van der Waals surface area contributed by atoms with E-state index < -0.39 is 4.84 Å². The molecule has 6 heteroatoms. The van der Waals surface area contributed by atoms with Gasteiger partial charge in [-0.25, -0.2) is 4.79 Å². The van der Waals surface area contributed by atoms with Crippen molar-refractivity contribution < 1.29 is 9.53 Å². The number of halogens is 2. The van der Waals surface area contributed by atoms with Gasteiger partial charge >= 0.3 is 6.03 Å². The van der Waals surface area contributed by atoms with Crippen molar-refractivity contribution >= 4 is 29.2 Å². The Hall–Kier alpha value is -0.190. The van der Waals surface area contributed by atoms with E-state index in [1.54, 1.807) is 0 Å². The first kappa shape index (κ1) is 10.9. The minimum Gasteiger partial charge on any atom is -0.379 e. The van der Waals surface area contributed by atoms with Gasteiger partial charge in [0.25, 0.3) is 0 Å². The van der Waals surface area contributed by atoms with Crippen LogP contribution in [0, 0.1) is 0 Å². The quantitative estimate of drug-likeness (QED) is 0.703. The van der Waals surface area contributed by atoms with Gasteiger partial charge in [0.05, 0.1) is 12.6 Å². The van der Waals surface area contributed by atoms with E-state index in [0.29, 0.717) is 13.2 Å². The molecule has 0 bridgehead atoms. The Morgan fingerprint density at radius 2 is 2.38 bits per heavy atom. The Morgan fingerprint density at radius 1 is 1.62 bits per heavy atom. The lowest BCUT2D eigenvalue weighted by Crippen LogP contribution is -2.43. The first-order valence-electron chi connectivity index (χ1n) is 4.08. The van der Waals surface area contributed by atoms with Gasteiger partial charge in [-0.2, -0.15) is 0 Å². The molecule has 1 aliphatic heterocycles. The molecule has 1 rings (SSSR count). The van der Waals surface area contributed by atoms with Crippen molar-refractivity contribution in [3.63, 3.8) is 0 Å². The third-order valence-electron chi connectivity index (χ3n) is 1.68. The summed E-state index contributed by atoms with van der Waals surface area (Å²) in [5.41, 5.74) is 0. The highest BCUT2D eigenvalue weighted by Crippen LogP contribution is 2.03. The molecule has 0 saturated carbocycles. The number of nitrogens with one attached hydrogen (secondary N) is 2. The van der Waals surface area contributed by atoms with Gasteiger partial charge in [-0.3, -0.25) is 0 Å². The highest BCUT2D eigenvalue weighted by Gasteiger charge is 2.17. The van der Waals surface area contributed by atoms with Crippen LogP contribution >= 0.6 is 23.2 Å². The van der Waals surface area contributed by atoms with Crippen molar-refractivity contribution in [1.29, 1.82) is 0 Å². The minimum atomic E-state index is -0.564. The van der Waals surface area contributed by atoms with Crippen LogP contribution in [-0.4, -0.2) is 36.7 Å². The van der Waals surface area contributed by atoms with Crippen LogP contribution in [-0.2, 0) is 4.74 Å². The van der Waals surface area contributed by atoms with Crippen LogP contribution in [0.25, 0.3) is 0 Å². The fourth-order valence-corrected chi connectivity index (χ4v) is 1.21. The van der Waals surface area contributed by atoms with E-state index in [1.807, 2.05) is 0 Å². The topological polar surface area (TPSA) is 50.4 Å². The number of hydrogen-bond acceptors (Lipinski definition) is 2. The van der Waals surface area contributed by atoms with Crippen LogP contribution in [0.2, 0.25) is 0 Å². The molecule has 4 nitrogen and oxygen atoms in total. The van der Waals surface area contributed by atoms with E-state index in [-0.39, 0.29) is 18.6 Å². The second kappa shape index (κ2) is 5.52. The van der Waals surface area contributed by atoms with Gasteiger partial charge in [0.2, 0.25) is 0 Å². The fraction of sp³-hybridized carbons (Fsp3) is 0.857. The summed E-state index contributed by atoms with van der Waals surface area (Å²) >= 11 is 10.9. The number of hydrogen-bond donors (Lipinski definition) is 2. The maximum absolute atomic E-state index is 11.1. The number of urea groups is 1. The molecule has 1 aliphatic rings. The van der Waals surface area contributed by atoms with E-state index in [2.05, 4.69) is 10.6 Å². The lowest BCUT2D eigenvalue weighted by molar-refractivity contribution is 0.188. The molecule has 0 aromatic carbocycles. The molecule has 1 saturated heterocycles. The highest BCUT2D eigenvalue weighted by atomic mass is 35.5. The monoisotopic (exact) mass is 226 g/mol. The maximum Gasteiger partial charge on any atom is 0.315 e. The van der Waals surface area contributed by atoms with Crippen molar-refractivity contribution in [2.45, 2.75) is 17.3 Å². The zero-order chi connectivity index (χ0) is 9.68. The predicted molar refractivity (Wildman–Crippen MR) is 51.3 cm³/mol. The zero-order valence-electron chi connectivity index (χ0n) is 7.06. The fourth-order valence-electron chi connectivity index (χ4n) is 1.05. The summed E-state index contributed by atoms with van der Waals surface area (Å²) in [7, 11) is 0. The van der Waals surface area contributed by atoms with E-state index in [0.717, 1.165) is 6.42 Å². The number of alkyl halides is 2. The molecular formula is C7H12Cl2N2O2. The lowest BCUT2D eigenvalue weighted by atomic mass is 10.3. The maximum atomic E-state index is 11.1. The summed E-state index contributed by atoms with van der Waals surface area (Å²) in [4.78, 5) is 10.5. The molecule has 0 aromatic rings. The molecule has 76 valence electrons. The summed E-state index contributed by atoms with van der Waals surface area (Å²) in [6.07, 6.45) is 0.860. The first-order valence-corrected chi connectivity index (χ1v) is 4.96. The normalized spacial score (nSPS) is 21.9. The van der Waals surface area contributed by atoms with Crippen LogP contribution in [0.1, 0.15) is 6.42 Å². The number of amides is 2. The Morgan fingerprint density at radius 3 is 2.92 bits per heavy atom. The summed E-state index contributed by atoms with van der Waals surface area (Å²) in [6.45, 7) is 1.54. The van der Waals surface area contributed by atoms with Crippen molar-refractivity contribution in [1.82, 2.24) is 10.6 Å². The Kier molecular flexibility index (Phi) is 4.62. The third kappa shape index (κ3) is 4.55. The van der Waals surface area contributed by atoms with Gasteiger partial charge in [-0.15, -0.1) is 23.2 Å². The van der Waals surface area contributed by atoms with Gasteiger partial charge in [-0.1, -0.05) is 0 Å². The summed E-state index contributed by atoms with van der Waals surface area (Å²) in [6, 6.07) is -0.133. The summed E-state index contributed by atoms with van der Waals surface area (Å²) in [5, 5.41) is 5.28. The molecule has 1 fully saturated rings. The van der Waals surface area contributed by atoms with Crippen LogP contribution in [0.3, 0.4) is 0 Å². The summed E-state index contributed by atoms with van der Waals surface area (Å²) in [5.74, 6) is 0. The van der Waals surface area contributed by atoms with E-state index in [4.69, 9.17) is 27.9 Å². The SMILES string of the molecule is O=C(NCC(Cl)Cl)NC1CCOC1. The zero-order valence-corrected chi connectivity index (χ0v) is 8.57. The number of carbonyl (C=O) groups excluding carboxylic acids is 1. The van der Waals surface area contributed by atoms with Crippen LogP contribution in [0.5, 0.6) is 0 Å². The van der Waals surface area contributed by atoms with Crippen molar-refractivity contribution in [3.8, 4) is 0 Å². The average molecular weight is 227 g/mol. The Bertz CT molecular complexity index is 172. The second-order valence-electron chi connectivity index (χ2n) is 2.81. The van der Waals surface area contributed by atoms with Gasteiger partial charge < -0.3 is 15.4 Å². The number of carbonyl (C=O) groups is 1. The van der Waals surface area contributed by atoms with E-state index in [9.17, 15) is 4.79 Å². The lowest BCUT2D eigenvalue weighted by Gasteiger charge is -2.11. The molecule has 2 amide bonds. The van der Waals surface area contributed by atoms with Gasteiger partial charge in [-0.05, 0) is 6.42 Å². The van der Waals surface area contributed by atoms with Crippen molar-refractivity contribution in [3.05, 3.63) is 0 Å². The molecular weight excluding hydrogens is 215 g/mol. The van der Waals surface area contributed by atoms with Gasteiger partial charge in [0.15, 0.2) is 0 Å². The molecule has 0 aromatic heterocycles. The van der Waals surface area contributed by atoms with Crippen LogP contribution < -0.4 is 10.6 Å². The molecule has 2 N–H and O–H groups in total. The smallest absolute Gasteiger partial charge is 0.315 e. The van der Waals surface area contributed by atoms with E-state index in [1.165, 1.54) is 0 Å². The molecule has 1 atom stereocenters.